The minimum Gasteiger partial charge on any atom is -0.497 e. The molecule has 0 aliphatic carbocycles. The summed E-state index contributed by atoms with van der Waals surface area (Å²) in [4.78, 5) is 83.1. The number of imide groups is 1. The summed E-state index contributed by atoms with van der Waals surface area (Å²) in [6, 6.07) is 35.9. The van der Waals surface area contributed by atoms with Crippen LogP contribution in [0.2, 0.25) is 0 Å². The highest BCUT2D eigenvalue weighted by Gasteiger charge is 2.76. The van der Waals surface area contributed by atoms with Gasteiger partial charge in [-0.2, -0.15) is 0 Å². The molecule has 6 aromatic carbocycles. The molecule has 0 unspecified atom stereocenters. The maximum atomic E-state index is 17.1. The quantitative estimate of drug-likeness (QED) is 0.0851. The average Bonchev–Trinajstić information content (AvgIpc) is 2.34. The van der Waals surface area contributed by atoms with Crippen molar-refractivity contribution in [2.45, 2.75) is 62.5 Å². The Balaban J connectivity index is 1.29. The number of nitrogens with zero attached hydrogens (tertiary/aromatic N) is 3. The second-order valence-electron chi connectivity index (χ2n) is 19.9. The molecule has 6 aromatic rings. The third-order valence-electron chi connectivity index (χ3n) is 15.4. The van der Waals surface area contributed by atoms with E-state index in [1.54, 1.807) is 87.6 Å². The number of anilines is 1. The zero-order chi connectivity index (χ0) is 54.8. The van der Waals surface area contributed by atoms with Gasteiger partial charge in [-0.1, -0.05) is 105 Å². The summed E-state index contributed by atoms with van der Waals surface area (Å²) in [5, 5.41) is 13.1. The highest BCUT2D eigenvalue weighted by Crippen LogP contribution is 2.67. The zero-order valence-electron chi connectivity index (χ0n) is 44.1. The first kappa shape index (κ1) is 52.8. The van der Waals surface area contributed by atoms with Crippen LogP contribution in [-0.4, -0.2) is 105 Å². The number of nitrogens with one attached hydrogen (secondary N) is 1. The number of methoxy groups -OCH3 is 4. The molecular weight excluding hydrogens is 993 g/mol. The Kier molecular flexibility index (Phi) is 15.0. The molecule has 0 aromatic heterocycles. The number of amides is 4. The lowest BCUT2D eigenvalue weighted by molar-refractivity contribution is -0.179. The van der Waals surface area contributed by atoms with Gasteiger partial charge in [0.2, 0.25) is 11.8 Å². The lowest BCUT2D eigenvalue weighted by atomic mass is 9.64. The van der Waals surface area contributed by atoms with Gasteiger partial charge in [0, 0.05) is 29.8 Å². The van der Waals surface area contributed by atoms with Gasteiger partial charge >= 0.3 is 18.0 Å². The first-order valence-electron chi connectivity index (χ1n) is 25.8. The number of fused-ring (bicyclic) bond motifs is 4. The van der Waals surface area contributed by atoms with Gasteiger partial charge in [-0.25, -0.2) is 14.5 Å². The molecule has 400 valence electrons. The minimum absolute atomic E-state index is 0.0618. The minimum atomic E-state index is -2.20. The molecule has 7 atom stereocenters. The number of hydrogen-bond donors (Lipinski definition) is 2. The number of aliphatic hydroxyl groups excluding tert-OH is 1. The van der Waals surface area contributed by atoms with Crippen LogP contribution >= 0.6 is 0 Å². The van der Waals surface area contributed by atoms with Gasteiger partial charge < -0.3 is 43.7 Å². The molecular formula is C62H60N4O12. The Morgan fingerprint density at radius 2 is 1.38 bits per heavy atom. The molecule has 16 heteroatoms. The molecule has 10 rings (SSSR count). The van der Waals surface area contributed by atoms with Crippen LogP contribution in [0.25, 0.3) is 0 Å². The summed E-state index contributed by atoms with van der Waals surface area (Å²) in [6.07, 6.45) is -0.609. The summed E-state index contributed by atoms with van der Waals surface area (Å²) in [5.74, 6) is 3.36. The number of morpholine rings is 1. The van der Waals surface area contributed by atoms with E-state index in [4.69, 9.17) is 28.4 Å². The highest BCUT2D eigenvalue weighted by atomic mass is 16.6. The maximum Gasteiger partial charge on any atom is 0.329 e. The summed E-state index contributed by atoms with van der Waals surface area (Å²) in [5.41, 5.74) is 2.64. The Bertz CT molecular complexity index is 3320. The smallest absolute Gasteiger partial charge is 0.329 e. The average molecular weight is 1050 g/mol. The normalized spacial score (nSPS) is 21.6. The van der Waals surface area contributed by atoms with Crippen molar-refractivity contribution in [3.8, 4) is 34.8 Å². The maximum absolute atomic E-state index is 17.1. The number of benzene rings is 6. The van der Waals surface area contributed by atoms with Crippen molar-refractivity contribution >= 4 is 35.5 Å². The van der Waals surface area contributed by atoms with Crippen LogP contribution in [0.3, 0.4) is 0 Å². The molecule has 1 spiro atoms. The SMILES string of the molecule is COC(=O)[C@@H](NC(=O)N1C(=O)[C@@]2(c3cc(C#Cc4ccc(OC)cc4)ccc31)[C@H](c1ccccc1OCCO)N1[C@H](c3ccccc3)[C@H](c3ccccc3)OC(=O)[C@H]1[C@@H]2C(=O)N1CCc2cc(OC)c(OC)cc2C1)C(C)C. The van der Waals surface area contributed by atoms with E-state index in [0.717, 1.165) is 16.0 Å². The van der Waals surface area contributed by atoms with Gasteiger partial charge in [0.1, 0.15) is 41.7 Å². The number of urea groups is 1. The van der Waals surface area contributed by atoms with Crippen LogP contribution in [-0.2, 0) is 47.0 Å². The van der Waals surface area contributed by atoms with Gasteiger partial charge in [0.15, 0.2) is 11.5 Å². The fourth-order valence-electron chi connectivity index (χ4n) is 11.8. The third kappa shape index (κ3) is 9.22. The monoisotopic (exact) mass is 1050 g/mol. The summed E-state index contributed by atoms with van der Waals surface area (Å²) in [7, 11) is 5.88. The van der Waals surface area contributed by atoms with E-state index < -0.39 is 77.3 Å². The van der Waals surface area contributed by atoms with Crippen LogP contribution in [0.4, 0.5) is 10.5 Å². The molecule has 2 fully saturated rings. The molecule has 4 amide bonds. The molecule has 78 heavy (non-hydrogen) atoms. The molecule has 4 heterocycles. The van der Waals surface area contributed by atoms with Crippen LogP contribution < -0.4 is 29.2 Å². The van der Waals surface area contributed by atoms with Crippen molar-refractivity contribution in [1.82, 2.24) is 15.1 Å². The van der Waals surface area contributed by atoms with Gasteiger partial charge in [-0.15, -0.1) is 0 Å². The Morgan fingerprint density at radius 1 is 0.744 bits per heavy atom. The first-order valence-corrected chi connectivity index (χ1v) is 25.8. The van der Waals surface area contributed by atoms with Crippen molar-refractivity contribution in [3.63, 3.8) is 0 Å². The molecule has 4 aliphatic heterocycles. The molecule has 0 bridgehead atoms. The number of aliphatic hydroxyl groups is 1. The van der Waals surface area contributed by atoms with Gasteiger partial charge in [0.05, 0.1) is 58.7 Å². The first-order chi connectivity index (χ1) is 37.9. The summed E-state index contributed by atoms with van der Waals surface area (Å²) < 4.78 is 35.0. The van der Waals surface area contributed by atoms with E-state index >= 15 is 19.2 Å². The fourth-order valence-corrected chi connectivity index (χ4v) is 11.8. The van der Waals surface area contributed by atoms with E-state index in [2.05, 4.69) is 17.2 Å². The molecule has 4 aliphatic rings. The number of hydrogen-bond acceptors (Lipinski definition) is 13. The number of ether oxygens (including phenoxy) is 6. The Morgan fingerprint density at radius 3 is 2.04 bits per heavy atom. The summed E-state index contributed by atoms with van der Waals surface area (Å²) in [6.45, 7) is 3.21. The zero-order valence-corrected chi connectivity index (χ0v) is 44.1. The Labute approximate surface area is 452 Å². The van der Waals surface area contributed by atoms with Crippen molar-refractivity contribution in [1.29, 1.82) is 0 Å². The molecule has 2 saturated heterocycles. The Hall–Kier alpha value is -8.65. The molecule has 0 radical (unpaired) electrons. The highest BCUT2D eigenvalue weighted by molar-refractivity contribution is 6.25. The predicted molar refractivity (Wildman–Crippen MR) is 288 cm³/mol. The number of rotatable bonds is 13. The second kappa shape index (κ2) is 22.1. The topological polar surface area (TPSA) is 183 Å². The van der Waals surface area contributed by atoms with Crippen LogP contribution in [0.1, 0.15) is 76.5 Å². The van der Waals surface area contributed by atoms with Gasteiger partial charge in [0.25, 0.3) is 0 Å². The van der Waals surface area contributed by atoms with Gasteiger partial charge in [-0.3, -0.25) is 19.3 Å². The molecule has 0 saturated carbocycles. The summed E-state index contributed by atoms with van der Waals surface area (Å²) >= 11 is 0. The van der Waals surface area contributed by atoms with Crippen molar-refractivity contribution in [2.24, 2.45) is 11.8 Å². The predicted octanol–water partition coefficient (Wildman–Crippen LogP) is 7.64. The number of para-hydroxylation sites is 1. The molecule has 16 nitrogen and oxygen atoms in total. The van der Waals surface area contributed by atoms with E-state index in [-0.39, 0.29) is 43.3 Å². The van der Waals surface area contributed by atoms with Crippen molar-refractivity contribution in [2.75, 3.05) is 53.1 Å². The lowest BCUT2D eigenvalue weighted by Gasteiger charge is -2.46. The molecule has 2 N–H and O–H groups in total. The van der Waals surface area contributed by atoms with Crippen molar-refractivity contribution in [3.05, 3.63) is 184 Å². The fraction of sp³-hybridized carbons (Fsp3) is 0.306. The largest absolute Gasteiger partial charge is 0.497 e. The number of esters is 2. The van der Waals surface area contributed by atoms with Crippen molar-refractivity contribution < 1.29 is 57.5 Å². The number of carbonyl (C=O) groups is 5. The number of carbonyl (C=O) groups excluding carboxylic acids is 5. The van der Waals surface area contributed by atoms with Crippen LogP contribution in [0.15, 0.2) is 140 Å². The van der Waals surface area contributed by atoms with E-state index in [9.17, 15) is 9.90 Å². The second-order valence-corrected chi connectivity index (χ2v) is 19.9. The lowest BCUT2D eigenvalue weighted by Crippen LogP contribution is -2.58. The number of cyclic esters (lactones) is 1. The van der Waals surface area contributed by atoms with E-state index in [0.29, 0.717) is 51.5 Å². The van der Waals surface area contributed by atoms with Gasteiger partial charge in [-0.05, 0) is 101 Å². The van der Waals surface area contributed by atoms with Crippen LogP contribution in [0.5, 0.6) is 23.0 Å². The standard InChI is InChI=1S/C62H60N4O12/c1-37(2)52(58(69)76-6)63-61(72)65-47-28-25-39(22-21-38-23-26-44(73-3)27-24-38)33-46(47)62(60(65)71)51(57(68)64-30-29-42-34-49(74-4)50(75-5)35-43(42)36-64)54-59(70)78-55(41-17-11-8-12-18-41)53(40-15-9-7-10-16-40)66(54)56(62)45-19-13-14-20-48(45)77-32-31-67/h7-20,23-28,33-35,37,51-56,67H,29-32,36H2,1-6H3,(H,63,72)/t51-,52+,53-,54-,55+,56+,62-/m1/s1. The van der Waals surface area contributed by atoms with Crippen LogP contribution in [0, 0.1) is 23.7 Å². The third-order valence-corrected chi connectivity index (χ3v) is 15.4. The van der Waals surface area contributed by atoms with E-state index in [1.807, 2.05) is 89.8 Å². The van der Waals surface area contributed by atoms with E-state index in [1.165, 1.54) is 14.2 Å².